The summed E-state index contributed by atoms with van der Waals surface area (Å²) in [5.41, 5.74) is 3.99. The zero-order valence-corrected chi connectivity index (χ0v) is 13.5. The van der Waals surface area contributed by atoms with E-state index >= 15 is 0 Å². The highest BCUT2D eigenvalue weighted by Crippen LogP contribution is 2.19. The van der Waals surface area contributed by atoms with E-state index in [2.05, 4.69) is 63.0 Å². The highest BCUT2D eigenvalue weighted by molar-refractivity contribution is 5.44. The molecule has 1 aliphatic rings. The maximum atomic E-state index is 4.79. The van der Waals surface area contributed by atoms with Gasteiger partial charge in [-0.3, -0.25) is 0 Å². The van der Waals surface area contributed by atoms with Crippen LogP contribution in [0.1, 0.15) is 45.4 Å². The van der Waals surface area contributed by atoms with E-state index in [1.807, 2.05) is 0 Å². The fraction of sp³-hybridized carbons (Fsp3) is 0.588. The van der Waals surface area contributed by atoms with Crippen molar-refractivity contribution < 1.29 is 0 Å². The van der Waals surface area contributed by atoms with Crippen molar-refractivity contribution in [3.63, 3.8) is 0 Å². The van der Waals surface area contributed by atoms with Crippen LogP contribution in [-0.2, 0) is 6.54 Å². The Hall–Kier alpha value is -1.35. The molecule has 0 amide bonds. The molecule has 0 saturated heterocycles. The molecule has 1 N–H and O–H groups in total. The van der Waals surface area contributed by atoms with Crippen LogP contribution in [0.3, 0.4) is 0 Å². The van der Waals surface area contributed by atoms with Gasteiger partial charge in [0.15, 0.2) is 0 Å². The summed E-state index contributed by atoms with van der Waals surface area (Å²) in [5.74, 6) is 1.11. The minimum atomic E-state index is 0.139. The van der Waals surface area contributed by atoms with Crippen LogP contribution in [0.25, 0.3) is 0 Å². The molecule has 1 aliphatic heterocycles. The van der Waals surface area contributed by atoms with Crippen molar-refractivity contribution in [1.29, 1.82) is 0 Å². The average Bonchev–Trinajstić information content (AvgIpc) is 2.36. The van der Waals surface area contributed by atoms with Gasteiger partial charge in [-0.2, -0.15) is 0 Å². The first kappa shape index (κ1) is 15.0. The summed E-state index contributed by atoms with van der Waals surface area (Å²) in [7, 11) is 0. The molecule has 0 spiro atoms. The van der Waals surface area contributed by atoms with Crippen molar-refractivity contribution in [3.05, 3.63) is 35.0 Å². The number of aromatic nitrogens is 1. The molecule has 1 aromatic rings. The van der Waals surface area contributed by atoms with E-state index in [1.165, 1.54) is 11.1 Å². The molecule has 3 heteroatoms. The molecule has 0 radical (unpaired) electrons. The van der Waals surface area contributed by atoms with Gasteiger partial charge in [0.1, 0.15) is 5.82 Å². The molecule has 1 aromatic heterocycles. The van der Waals surface area contributed by atoms with Gasteiger partial charge in [-0.1, -0.05) is 17.7 Å². The van der Waals surface area contributed by atoms with Gasteiger partial charge in [0.2, 0.25) is 0 Å². The van der Waals surface area contributed by atoms with Gasteiger partial charge in [-0.05, 0) is 52.7 Å². The van der Waals surface area contributed by atoms with E-state index in [1.54, 1.807) is 0 Å². The predicted octanol–water partition coefficient (Wildman–Crippen LogP) is 3.43. The van der Waals surface area contributed by atoms with Gasteiger partial charge in [-0.25, -0.2) is 4.98 Å². The van der Waals surface area contributed by atoms with Crippen molar-refractivity contribution in [2.45, 2.75) is 53.1 Å². The third-order valence-electron chi connectivity index (χ3n) is 3.65. The summed E-state index contributed by atoms with van der Waals surface area (Å²) in [5, 5.41) is 3.52. The summed E-state index contributed by atoms with van der Waals surface area (Å²) in [6.07, 6.45) is 3.45. The van der Waals surface area contributed by atoms with Crippen LogP contribution < -0.4 is 10.2 Å². The lowest BCUT2D eigenvalue weighted by Gasteiger charge is -2.28. The van der Waals surface area contributed by atoms with Crippen LogP contribution in [0.2, 0.25) is 0 Å². The molecule has 0 bridgehead atoms. The number of anilines is 1. The quantitative estimate of drug-likeness (QED) is 0.855. The molecule has 0 atom stereocenters. The van der Waals surface area contributed by atoms with Gasteiger partial charge in [-0.15, -0.1) is 0 Å². The normalized spacial score (nSPS) is 16.2. The Balaban J connectivity index is 2.08. The SMILES string of the molecule is CC1=CCCN(c2ccc(CNC(C)(C)C)c(C)n2)C1. The van der Waals surface area contributed by atoms with E-state index in [0.717, 1.165) is 37.6 Å². The van der Waals surface area contributed by atoms with Gasteiger partial charge in [0.25, 0.3) is 0 Å². The Morgan fingerprint density at radius 2 is 2.00 bits per heavy atom. The first-order chi connectivity index (χ1) is 9.35. The van der Waals surface area contributed by atoms with Gasteiger partial charge < -0.3 is 10.2 Å². The molecule has 2 heterocycles. The zero-order chi connectivity index (χ0) is 14.8. The predicted molar refractivity (Wildman–Crippen MR) is 86.2 cm³/mol. The van der Waals surface area contributed by atoms with E-state index in [-0.39, 0.29) is 5.54 Å². The number of pyridine rings is 1. The van der Waals surface area contributed by atoms with Crippen LogP contribution in [0.5, 0.6) is 0 Å². The minimum Gasteiger partial charge on any atom is -0.352 e. The molecule has 20 heavy (non-hydrogen) atoms. The standard InChI is InChI=1S/C17H27N3/c1-13-7-6-10-20(12-13)16-9-8-15(14(2)19-16)11-18-17(3,4)5/h7-9,18H,6,10-12H2,1-5H3. The highest BCUT2D eigenvalue weighted by Gasteiger charge is 2.14. The number of nitrogens with zero attached hydrogens (tertiary/aromatic N) is 2. The maximum absolute atomic E-state index is 4.79. The van der Waals surface area contributed by atoms with Crippen LogP contribution in [0, 0.1) is 6.92 Å². The molecule has 0 fully saturated rings. The summed E-state index contributed by atoms with van der Waals surface area (Å²) in [4.78, 5) is 7.16. The third-order valence-corrected chi connectivity index (χ3v) is 3.65. The van der Waals surface area contributed by atoms with Gasteiger partial charge >= 0.3 is 0 Å². The number of nitrogens with one attached hydrogen (secondary N) is 1. The van der Waals surface area contributed by atoms with Crippen molar-refractivity contribution >= 4 is 5.82 Å². The fourth-order valence-corrected chi connectivity index (χ4v) is 2.41. The summed E-state index contributed by atoms with van der Waals surface area (Å²) >= 11 is 0. The van der Waals surface area contributed by atoms with E-state index in [4.69, 9.17) is 4.98 Å². The number of aryl methyl sites for hydroxylation is 1. The molecule has 110 valence electrons. The van der Waals surface area contributed by atoms with Crippen molar-refractivity contribution in [2.75, 3.05) is 18.0 Å². The summed E-state index contributed by atoms with van der Waals surface area (Å²) in [6, 6.07) is 4.37. The highest BCUT2D eigenvalue weighted by atomic mass is 15.2. The van der Waals surface area contributed by atoms with Crippen molar-refractivity contribution in [2.24, 2.45) is 0 Å². The van der Waals surface area contributed by atoms with E-state index < -0.39 is 0 Å². The topological polar surface area (TPSA) is 28.2 Å². The van der Waals surface area contributed by atoms with Crippen LogP contribution in [0.15, 0.2) is 23.8 Å². The lowest BCUT2D eigenvalue weighted by molar-refractivity contribution is 0.423. The Bertz CT molecular complexity index is 497. The lowest BCUT2D eigenvalue weighted by Crippen LogP contribution is -2.35. The number of hydrogen-bond donors (Lipinski definition) is 1. The second-order valence-corrected chi connectivity index (χ2v) is 6.78. The van der Waals surface area contributed by atoms with Gasteiger partial charge in [0.05, 0.1) is 0 Å². The number of hydrogen-bond acceptors (Lipinski definition) is 3. The summed E-state index contributed by atoms with van der Waals surface area (Å²) in [6.45, 7) is 13.8. The fourth-order valence-electron chi connectivity index (χ4n) is 2.41. The first-order valence-corrected chi connectivity index (χ1v) is 7.47. The molecule has 0 aliphatic carbocycles. The Labute approximate surface area is 123 Å². The maximum Gasteiger partial charge on any atom is 0.129 e. The van der Waals surface area contributed by atoms with E-state index in [0.29, 0.717) is 0 Å². The van der Waals surface area contributed by atoms with Crippen LogP contribution in [0.4, 0.5) is 5.82 Å². The molecule has 0 saturated carbocycles. The van der Waals surface area contributed by atoms with Crippen LogP contribution >= 0.6 is 0 Å². The van der Waals surface area contributed by atoms with Gasteiger partial charge in [0, 0.05) is 30.9 Å². The smallest absolute Gasteiger partial charge is 0.129 e. The zero-order valence-electron chi connectivity index (χ0n) is 13.5. The first-order valence-electron chi connectivity index (χ1n) is 7.47. The monoisotopic (exact) mass is 273 g/mol. The second kappa shape index (κ2) is 5.96. The average molecular weight is 273 g/mol. The molecule has 2 rings (SSSR count). The largest absolute Gasteiger partial charge is 0.352 e. The molecule has 3 nitrogen and oxygen atoms in total. The Morgan fingerprint density at radius 3 is 2.60 bits per heavy atom. The molecule has 0 unspecified atom stereocenters. The summed E-state index contributed by atoms with van der Waals surface area (Å²) < 4.78 is 0. The third kappa shape index (κ3) is 4.07. The molecular formula is C17H27N3. The van der Waals surface area contributed by atoms with E-state index in [9.17, 15) is 0 Å². The lowest BCUT2D eigenvalue weighted by atomic mass is 10.1. The van der Waals surface area contributed by atoms with Crippen LogP contribution in [-0.4, -0.2) is 23.6 Å². The minimum absolute atomic E-state index is 0.139. The molecular weight excluding hydrogens is 246 g/mol. The second-order valence-electron chi connectivity index (χ2n) is 6.78. The molecule has 0 aromatic carbocycles. The number of rotatable bonds is 3. The Kier molecular flexibility index (Phi) is 4.48. The van der Waals surface area contributed by atoms with Crippen molar-refractivity contribution in [1.82, 2.24) is 10.3 Å². The Morgan fingerprint density at radius 1 is 1.25 bits per heavy atom. The van der Waals surface area contributed by atoms with Crippen molar-refractivity contribution in [3.8, 4) is 0 Å².